The van der Waals surface area contributed by atoms with Gasteiger partial charge in [-0.05, 0) is 29.2 Å². The van der Waals surface area contributed by atoms with Crippen molar-refractivity contribution < 1.29 is 14.6 Å². The first-order valence-electron chi connectivity index (χ1n) is 4.94. The number of carboxylic acids is 1. The molecule has 1 saturated carbocycles. The Bertz CT molecular complexity index is 366. The van der Waals surface area contributed by atoms with Gasteiger partial charge in [0.1, 0.15) is 6.54 Å². The fraction of sp³-hybridized carbons (Fsp3) is 0.750. The predicted octanol–water partition coefficient (Wildman–Crippen LogP) is 0.234. The van der Waals surface area contributed by atoms with Crippen LogP contribution in [0.15, 0.2) is 5.16 Å². The lowest BCUT2D eigenvalue weighted by Crippen LogP contribution is -2.11. The Kier molecular flexibility index (Phi) is 3.73. The van der Waals surface area contributed by atoms with Crippen molar-refractivity contribution in [2.75, 3.05) is 12.5 Å². The number of carboxylic acid groups (broad SMARTS) is 1. The molecule has 1 aliphatic carbocycles. The molecule has 0 radical (unpaired) electrons. The molecular formula is C8H12N4O3S. The number of carbonyl (C=O) groups is 1. The van der Waals surface area contributed by atoms with Crippen LogP contribution in [0.1, 0.15) is 12.8 Å². The van der Waals surface area contributed by atoms with E-state index in [9.17, 15) is 4.79 Å². The van der Waals surface area contributed by atoms with E-state index in [2.05, 4.69) is 15.5 Å². The van der Waals surface area contributed by atoms with Gasteiger partial charge in [-0.3, -0.25) is 4.79 Å². The number of hydrogen-bond donors (Lipinski definition) is 1. The molecule has 16 heavy (non-hydrogen) atoms. The van der Waals surface area contributed by atoms with Crippen molar-refractivity contribution in [3.63, 3.8) is 0 Å². The molecule has 0 bridgehead atoms. The quantitative estimate of drug-likeness (QED) is 0.417. The highest BCUT2D eigenvalue weighted by atomic mass is 32.2. The zero-order valence-electron chi connectivity index (χ0n) is 8.57. The molecular weight excluding hydrogens is 232 g/mol. The molecule has 88 valence electrons. The number of tetrazole rings is 1. The van der Waals surface area contributed by atoms with Crippen molar-refractivity contribution in [1.82, 2.24) is 20.2 Å². The normalized spacial score (nSPS) is 15.2. The third kappa shape index (κ3) is 3.46. The SMILES string of the molecule is O=C(O)Cn1nnnc1SCOCC1CC1. The van der Waals surface area contributed by atoms with Gasteiger partial charge in [0, 0.05) is 0 Å². The molecule has 1 aromatic rings. The molecule has 0 spiro atoms. The van der Waals surface area contributed by atoms with Gasteiger partial charge in [-0.15, -0.1) is 5.10 Å². The number of aromatic nitrogens is 4. The van der Waals surface area contributed by atoms with E-state index in [1.165, 1.54) is 29.3 Å². The number of rotatable bonds is 7. The van der Waals surface area contributed by atoms with Crippen molar-refractivity contribution >= 4 is 17.7 Å². The Hall–Kier alpha value is -1.15. The van der Waals surface area contributed by atoms with Gasteiger partial charge in [0.15, 0.2) is 0 Å². The molecule has 0 aromatic carbocycles. The minimum absolute atomic E-state index is 0.224. The molecule has 1 heterocycles. The maximum absolute atomic E-state index is 10.5. The van der Waals surface area contributed by atoms with Crippen LogP contribution in [0.25, 0.3) is 0 Å². The minimum atomic E-state index is -0.965. The second-order valence-electron chi connectivity index (χ2n) is 3.59. The lowest BCUT2D eigenvalue weighted by molar-refractivity contribution is -0.138. The van der Waals surface area contributed by atoms with Crippen LogP contribution in [0.2, 0.25) is 0 Å². The molecule has 7 nitrogen and oxygen atoms in total. The van der Waals surface area contributed by atoms with Crippen LogP contribution in [-0.4, -0.2) is 43.8 Å². The zero-order chi connectivity index (χ0) is 11.4. The summed E-state index contributed by atoms with van der Waals surface area (Å²) in [6.45, 7) is 0.547. The molecule has 2 rings (SSSR count). The van der Waals surface area contributed by atoms with Crippen LogP contribution in [0.3, 0.4) is 0 Å². The van der Waals surface area contributed by atoms with Crippen molar-refractivity contribution in [3.8, 4) is 0 Å². The van der Waals surface area contributed by atoms with Crippen LogP contribution in [-0.2, 0) is 16.1 Å². The summed E-state index contributed by atoms with van der Waals surface area (Å²) in [5.41, 5.74) is 0. The molecule has 0 aliphatic heterocycles. The van der Waals surface area contributed by atoms with Gasteiger partial charge in [-0.2, -0.15) is 0 Å². The summed E-state index contributed by atoms with van der Waals surface area (Å²) in [5.74, 6) is 0.208. The van der Waals surface area contributed by atoms with Crippen LogP contribution < -0.4 is 0 Å². The lowest BCUT2D eigenvalue weighted by atomic mass is 10.5. The molecule has 1 N–H and O–H groups in total. The van der Waals surface area contributed by atoms with Crippen molar-refractivity contribution in [2.24, 2.45) is 5.92 Å². The van der Waals surface area contributed by atoms with Crippen molar-refractivity contribution in [2.45, 2.75) is 24.5 Å². The molecule has 1 fully saturated rings. The summed E-state index contributed by atoms with van der Waals surface area (Å²) in [7, 11) is 0. The van der Waals surface area contributed by atoms with E-state index in [4.69, 9.17) is 9.84 Å². The highest BCUT2D eigenvalue weighted by molar-refractivity contribution is 7.99. The highest BCUT2D eigenvalue weighted by Crippen LogP contribution is 2.29. The fourth-order valence-corrected chi connectivity index (χ4v) is 1.75. The third-order valence-electron chi connectivity index (χ3n) is 2.11. The van der Waals surface area contributed by atoms with E-state index in [0.29, 0.717) is 11.1 Å². The van der Waals surface area contributed by atoms with E-state index in [-0.39, 0.29) is 6.54 Å². The summed E-state index contributed by atoms with van der Waals surface area (Å²) in [6.07, 6.45) is 2.50. The second-order valence-corrected chi connectivity index (χ2v) is 4.48. The Morgan fingerprint density at radius 3 is 3.12 bits per heavy atom. The number of nitrogens with zero attached hydrogens (tertiary/aromatic N) is 4. The molecule has 0 saturated heterocycles. The minimum Gasteiger partial charge on any atom is -0.480 e. The number of hydrogen-bond acceptors (Lipinski definition) is 6. The summed E-state index contributed by atoms with van der Waals surface area (Å²) in [6, 6.07) is 0. The predicted molar refractivity (Wildman–Crippen MR) is 54.9 cm³/mol. The monoisotopic (exact) mass is 244 g/mol. The summed E-state index contributed by atoms with van der Waals surface area (Å²) in [4.78, 5) is 10.5. The van der Waals surface area contributed by atoms with Gasteiger partial charge < -0.3 is 9.84 Å². The maximum atomic E-state index is 10.5. The summed E-state index contributed by atoms with van der Waals surface area (Å²) >= 11 is 1.31. The maximum Gasteiger partial charge on any atom is 0.325 e. The van der Waals surface area contributed by atoms with Crippen molar-refractivity contribution in [3.05, 3.63) is 0 Å². The lowest BCUT2D eigenvalue weighted by Gasteiger charge is -2.02. The summed E-state index contributed by atoms with van der Waals surface area (Å²) in [5, 5.41) is 19.8. The average molecular weight is 244 g/mol. The molecule has 8 heteroatoms. The van der Waals surface area contributed by atoms with E-state index >= 15 is 0 Å². The Morgan fingerprint density at radius 2 is 2.44 bits per heavy atom. The van der Waals surface area contributed by atoms with E-state index in [0.717, 1.165) is 12.5 Å². The van der Waals surface area contributed by atoms with Gasteiger partial charge in [0.25, 0.3) is 0 Å². The van der Waals surface area contributed by atoms with Gasteiger partial charge in [0.2, 0.25) is 5.16 Å². The Balaban J connectivity index is 1.74. The van der Waals surface area contributed by atoms with E-state index in [1.807, 2.05) is 0 Å². The largest absolute Gasteiger partial charge is 0.480 e. The van der Waals surface area contributed by atoms with E-state index in [1.54, 1.807) is 0 Å². The number of aliphatic carboxylic acids is 1. The zero-order valence-corrected chi connectivity index (χ0v) is 9.39. The van der Waals surface area contributed by atoms with E-state index < -0.39 is 5.97 Å². The fourth-order valence-electron chi connectivity index (χ4n) is 1.12. The Labute approximate surface area is 96.2 Å². The number of ether oxygens (including phenoxy) is 1. The topological polar surface area (TPSA) is 90.1 Å². The second kappa shape index (κ2) is 5.26. The van der Waals surface area contributed by atoms with Crippen LogP contribution in [0.5, 0.6) is 0 Å². The van der Waals surface area contributed by atoms with Gasteiger partial charge in [0.05, 0.1) is 12.5 Å². The number of thioether (sulfide) groups is 1. The van der Waals surface area contributed by atoms with Gasteiger partial charge >= 0.3 is 5.97 Å². The first kappa shape index (κ1) is 11.3. The average Bonchev–Trinajstić information content (AvgIpc) is 2.95. The first-order chi connectivity index (χ1) is 7.75. The molecule has 0 unspecified atom stereocenters. The Morgan fingerprint density at radius 1 is 1.62 bits per heavy atom. The van der Waals surface area contributed by atoms with Crippen LogP contribution in [0, 0.1) is 5.92 Å². The summed E-state index contributed by atoms with van der Waals surface area (Å²) < 4.78 is 6.64. The van der Waals surface area contributed by atoms with Gasteiger partial charge in [-0.25, -0.2) is 4.68 Å². The smallest absolute Gasteiger partial charge is 0.325 e. The highest BCUT2D eigenvalue weighted by Gasteiger charge is 2.21. The van der Waals surface area contributed by atoms with Gasteiger partial charge in [-0.1, -0.05) is 11.8 Å². The molecule has 1 aliphatic rings. The molecule has 1 aromatic heterocycles. The standard InChI is InChI=1S/C8H12N4O3S/c13-7(14)3-12-8(9-10-11-12)16-5-15-4-6-1-2-6/h6H,1-5H2,(H,13,14). The molecule has 0 amide bonds. The van der Waals surface area contributed by atoms with Crippen LogP contribution >= 0.6 is 11.8 Å². The van der Waals surface area contributed by atoms with Crippen molar-refractivity contribution in [1.29, 1.82) is 0 Å². The van der Waals surface area contributed by atoms with Crippen LogP contribution in [0.4, 0.5) is 0 Å². The molecule has 0 atom stereocenters. The third-order valence-corrected chi connectivity index (χ3v) is 2.94. The first-order valence-corrected chi connectivity index (χ1v) is 5.93.